The van der Waals surface area contributed by atoms with Crippen LogP contribution in [0.3, 0.4) is 0 Å². The molecule has 1 aromatic carbocycles. The van der Waals surface area contributed by atoms with Crippen LogP contribution in [0.25, 0.3) is 21.9 Å². The Kier molecular flexibility index (Phi) is 5.51. The zero-order valence-electron chi connectivity index (χ0n) is 19.5. The van der Waals surface area contributed by atoms with E-state index < -0.39 is 11.9 Å². The monoisotopic (exact) mass is 465 g/mol. The van der Waals surface area contributed by atoms with Crippen LogP contribution in [0.15, 0.2) is 24.5 Å². The molecular formula is C25H28FN5O3. The number of amides is 1. The predicted molar refractivity (Wildman–Crippen MR) is 129 cm³/mol. The minimum Gasteiger partial charge on any atom is -0.446 e. The molecule has 0 radical (unpaired) electrons. The van der Waals surface area contributed by atoms with Crippen LogP contribution < -0.4 is 16.4 Å². The molecule has 1 saturated heterocycles. The SMILES string of the molecule is Cc1c(-c2cc3cc(NC(=O)OC4CCOCC4)ncc3c(N)c2F)cnc2c1NC(C)(C)C2. The third-order valence-electron chi connectivity index (χ3n) is 6.45. The fourth-order valence-corrected chi connectivity index (χ4v) is 4.67. The number of nitrogens with two attached hydrogens (primary N) is 1. The van der Waals surface area contributed by atoms with Gasteiger partial charge in [-0.2, -0.15) is 0 Å². The molecule has 2 aliphatic heterocycles. The summed E-state index contributed by atoms with van der Waals surface area (Å²) in [5.41, 5.74) is 9.91. The Hall–Kier alpha value is -3.46. The molecule has 5 rings (SSSR count). The van der Waals surface area contributed by atoms with Crippen molar-refractivity contribution in [2.75, 3.05) is 29.6 Å². The summed E-state index contributed by atoms with van der Waals surface area (Å²) in [5, 5.41) is 7.27. The van der Waals surface area contributed by atoms with Crippen molar-refractivity contribution >= 4 is 34.1 Å². The number of benzene rings is 1. The zero-order chi connectivity index (χ0) is 24.0. The van der Waals surface area contributed by atoms with Crippen molar-refractivity contribution in [3.63, 3.8) is 0 Å². The standard InChI is InChI=1S/C25H28FN5O3/c1-13-17(11-28-19-10-25(2,3)31-23(13)19)16-8-14-9-20(29-12-18(14)22(27)21(16)26)30-24(32)34-15-4-6-33-7-5-15/h8-9,11-12,15,31H,4-7,10,27H2,1-3H3,(H,29,30,32). The number of nitrogen functional groups attached to an aromatic ring is 1. The number of pyridine rings is 2. The average Bonchev–Trinajstić information content (AvgIpc) is 3.12. The second-order valence-electron chi connectivity index (χ2n) is 9.59. The fourth-order valence-electron chi connectivity index (χ4n) is 4.67. The molecule has 0 atom stereocenters. The number of carbonyl (C=O) groups is 1. The predicted octanol–water partition coefficient (Wildman–Crippen LogP) is 4.80. The fraction of sp³-hybridized carbons (Fsp3) is 0.400. The summed E-state index contributed by atoms with van der Waals surface area (Å²) in [6, 6.07) is 3.38. The van der Waals surface area contributed by atoms with Gasteiger partial charge in [-0.3, -0.25) is 10.3 Å². The summed E-state index contributed by atoms with van der Waals surface area (Å²) in [4.78, 5) is 21.1. The van der Waals surface area contributed by atoms with Crippen molar-refractivity contribution in [2.45, 2.75) is 51.7 Å². The van der Waals surface area contributed by atoms with Crippen LogP contribution in [0.5, 0.6) is 0 Å². The molecule has 4 N–H and O–H groups in total. The number of hydrogen-bond donors (Lipinski definition) is 3. The van der Waals surface area contributed by atoms with Crippen LogP contribution in [-0.4, -0.2) is 40.9 Å². The highest BCUT2D eigenvalue weighted by Gasteiger charge is 2.31. The molecule has 1 amide bonds. The molecule has 9 heteroatoms. The van der Waals surface area contributed by atoms with Gasteiger partial charge in [-0.25, -0.2) is 14.2 Å². The highest BCUT2D eigenvalue weighted by Crippen LogP contribution is 2.40. The highest BCUT2D eigenvalue weighted by molar-refractivity contribution is 5.99. The molecule has 4 heterocycles. The number of aromatic nitrogens is 2. The first-order valence-electron chi connectivity index (χ1n) is 11.4. The van der Waals surface area contributed by atoms with E-state index in [2.05, 4.69) is 34.4 Å². The quantitative estimate of drug-likeness (QED) is 0.476. The van der Waals surface area contributed by atoms with Crippen molar-refractivity contribution in [2.24, 2.45) is 0 Å². The van der Waals surface area contributed by atoms with Crippen LogP contribution in [0.1, 0.15) is 37.9 Å². The summed E-state index contributed by atoms with van der Waals surface area (Å²) >= 11 is 0. The molecule has 2 aromatic heterocycles. The molecule has 178 valence electrons. The Bertz CT molecular complexity index is 1290. The van der Waals surface area contributed by atoms with Gasteiger partial charge in [-0.15, -0.1) is 0 Å². The topological polar surface area (TPSA) is 111 Å². The maximum absolute atomic E-state index is 15.4. The Labute approximate surface area is 197 Å². The van der Waals surface area contributed by atoms with Crippen molar-refractivity contribution in [1.29, 1.82) is 0 Å². The van der Waals surface area contributed by atoms with E-state index >= 15 is 4.39 Å². The van der Waals surface area contributed by atoms with E-state index in [4.69, 9.17) is 15.2 Å². The van der Waals surface area contributed by atoms with Crippen molar-refractivity contribution in [3.8, 4) is 11.1 Å². The Morgan fingerprint density at radius 1 is 1.24 bits per heavy atom. The minimum absolute atomic E-state index is 0.00418. The molecule has 0 saturated carbocycles. The molecule has 0 aliphatic carbocycles. The van der Waals surface area contributed by atoms with E-state index in [1.54, 1.807) is 18.3 Å². The molecule has 0 bridgehead atoms. The molecule has 1 fully saturated rings. The molecule has 8 nitrogen and oxygen atoms in total. The average molecular weight is 466 g/mol. The second-order valence-corrected chi connectivity index (χ2v) is 9.59. The molecule has 0 spiro atoms. The second kappa shape index (κ2) is 8.39. The van der Waals surface area contributed by atoms with Gasteiger partial charge in [0.1, 0.15) is 11.9 Å². The van der Waals surface area contributed by atoms with E-state index in [1.165, 1.54) is 6.20 Å². The number of nitrogens with zero attached hydrogens (tertiary/aromatic N) is 2. The number of fused-ring (bicyclic) bond motifs is 2. The third kappa shape index (κ3) is 4.11. The molecule has 0 unspecified atom stereocenters. The van der Waals surface area contributed by atoms with Gasteiger partial charge in [0, 0.05) is 53.7 Å². The van der Waals surface area contributed by atoms with E-state index in [-0.39, 0.29) is 17.3 Å². The summed E-state index contributed by atoms with van der Waals surface area (Å²) < 4.78 is 26.1. The summed E-state index contributed by atoms with van der Waals surface area (Å²) in [5.74, 6) is -0.218. The molecule has 34 heavy (non-hydrogen) atoms. The smallest absolute Gasteiger partial charge is 0.413 e. The maximum atomic E-state index is 15.4. The Morgan fingerprint density at radius 3 is 2.76 bits per heavy atom. The summed E-state index contributed by atoms with van der Waals surface area (Å²) in [7, 11) is 0. The lowest BCUT2D eigenvalue weighted by molar-refractivity contribution is 0.00590. The van der Waals surface area contributed by atoms with Crippen LogP contribution in [0.4, 0.5) is 26.4 Å². The number of carbonyl (C=O) groups excluding carboxylic acids is 1. The number of ether oxygens (including phenoxy) is 2. The number of rotatable bonds is 3. The van der Waals surface area contributed by atoms with E-state index in [0.717, 1.165) is 23.4 Å². The lowest BCUT2D eigenvalue weighted by Gasteiger charge is -2.22. The Balaban J connectivity index is 1.47. The van der Waals surface area contributed by atoms with Gasteiger partial charge in [0.25, 0.3) is 0 Å². The number of halogens is 1. The lowest BCUT2D eigenvalue weighted by atomic mass is 9.96. The number of hydrogen-bond acceptors (Lipinski definition) is 7. The van der Waals surface area contributed by atoms with Gasteiger partial charge in [-0.1, -0.05) is 0 Å². The van der Waals surface area contributed by atoms with Crippen LogP contribution in [0, 0.1) is 12.7 Å². The number of anilines is 3. The van der Waals surface area contributed by atoms with Gasteiger partial charge < -0.3 is 20.5 Å². The van der Waals surface area contributed by atoms with Crippen LogP contribution >= 0.6 is 0 Å². The zero-order valence-corrected chi connectivity index (χ0v) is 19.5. The van der Waals surface area contributed by atoms with Crippen LogP contribution in [0.2, 0.25) is 0 Å². The van der Waals surface area contributed by atoms with Crippen molar-refractivity contribution in [3.05, 3.63) is 41.6 Å². The van der Waals surface area contributed by atoms with E-state index in [9.17, 15) is 4.79 Å². The first-order valence-corrected chi connectivity index (χ1v) is 11.4. The summed E-state index contributed by atoms with van der Waals surface area (Å²) in [6.07, 6.45) is 4.53. The van der Waals surface area contributed by atoms with Gasteiger partial charge in [-0.05, 0) is 43.9 Å². The first-order chi connectivity index (χ1) is 16.2. The number of nitrogens with one attached hydrogen (secondary N) is 2. The molecular weight excluding hydrogens is 437 g/mol. The Morgan fingerprint density at radius 2 is 2.00 bits per heavy atom. The van der Waals surface area contributed by atoms with E-state index in [0.29, 0.717) is 53.8 Å². The molecule has 2 aliphatic rings. The van der Waals surface area contributed by atoms with Crippen LogP contribution in [-0.2, 0) is 15.9 Å². The van der Waals surface area contributed by atoms with Crippen molar-refractivity contribution < 1.29 is 18.7 Å². The normalized spacial score (nSPS) is 17.3. The first kappa shape index (κ1) is 22.3. The third-order valence-corrected chi connectivity index (χ3v) is 6.45. The minimum atomic E-state index is -0.582. The van der Waals surface area contributed by atoms with Gasteiger partial charge in [0.15, 0.2) is 5.82 Å². The van der Waals surface area contributed by atoms with E-state index in [1.807, 2.05) is 6.92 Å². The summed E-state index contributed by atoms with van der Waals surface area (Å²) in [6.45, 7) is 7.32. The lowest BCUT2D eigenvalue weighted by Crippen LogP contribution is -2.28. The van der Waals surface area contributed by atoms with Gasteiger partial charge in [0.05, 0.1) is 30.3 Å². The molecule has 3 aromatic rings. The van der Waals surface area contributed by atoms with Gasteiger partial charge in [0.2, 0.25) is 0 Å². The maximum Gasteiger partial charge on any atom is 0.413 e. The largest absolute Gasteiger partial charge is 0.446 e. The van der Waals surface area contributed by atoms with Crippen molar-refractivity contribution in [1.82, 2.24) is 9.97 Å². The van der Waals surface area contributed by atoms with Gasteiger partial charge >= 0.3 is 6.09 Å². The highest BCUT2D eigenvalue weighted by atomic mass is 19.1.